The minimum atomic E-state index is 0.0706. The molecule has 0 radical (unpaired) electrons. The molecule has 0 spiro atoms. The van der Waals surface area contributed by atoms with Crippen molar-refractivity contribution in [2.24, 2.45) is 4.99 Å². The first-order valence-corrected chi connectivity index (χ1v) is 13.7. The van der Waals surface area contributed by atoms with E-state index in [-0.39, 0.29) is 5.91 Å². The van der Waals surface area contributed by atoms with Crippen LogP contribution in [-0.4, -0.2) is 94.1 Å². The molecule has 3 aromatic rings. The average Bonchev–Trinajstić information content (AvgIpc) is 3.37. The Hall–Kier alpha value is -3.56. The van der Waals surface area contributed by atoms with Crippen molar-refractivity contribution in [1.82, 2.24) is 29.7 Å². The molecule has 0 saturated carbocycles. The molecule has 2 aromatic heterocycles. The summed E-state index contributed by atoms with van der Waals surface area (Å²) in [5.74, 6) is 0.573. The number of anilines is 2. The van der Waals surface area contributed by atoms with Gasteiger partial charge < -0.3 is 20.1 Å². The number of piperazine rings is 1. The van der Waals surface area contributed by atoms with Crippen LogP contribution >= 0.6 is 0 Å². The molecule has 0 aliphatic carbocycles. The second kappa shape index (κ2) is 11.9. The van der Waals surface area contributed by atoms with E-state index >= 15 is 0 Å². The highest BCUT2D eigenvalue weighted by Crippen LogP contribution is 2.24. The van der Waals surface area contributed by atoms with E-state index in [4.69, 9.17) is 0 Å². The van der Waals surface area contributed by atoms with Gasteiger partial charge in [0.2, 0.25) is 5.95 Å². The standard InChI is InChI=1S/C29H38N8O/c1-4-11-30-24(5-2)26-8-12-31-29(34-26)32-22-6-7-25-21(19-22)20-27(33-25)28(38)37-17-15-36(16-18-37)23-9-13-35(3)14-10-23/h5-8,11-12,19-20,23,33H,4,9-10,13-18H2,1-3H3,(H,31,32,34)/b24-5-,30-11?. The summed E-state index contributed by atoms with van der Waals surface area (Å²) < 4.78 is 0. The number of likely N-dealkylation sites (tertiary alicyclic amines) is 1. The number of fused-ring (bicyclic) bond motifs is 1. The fraction of sp³-hybridized carbons (Fsp3) is 0.448. The first-order chi connectivity index (χ1) is 18.5. The van der Waals surface area contributed by atoms with Gasteiger partial charge in [0.1, 0.15) is 5.69 Å². The quantitative estimate of drug-likeness (QED) is 0.454. The molecule has 0 unspecified atom stereocenters. The van der Waals surface area contributed by atoms with Gasteiger partial charge in [0, 0.05) is 61.2 Å². The number of carbonyl (C=O) groups is 1. The van der Waals surface area contributed by atoms with Crippen LogP contribution in [0.25, 0.3) is 16.6 Å². The second-order valence-electron chi connectivity index (χ2n) is 10.1. The van der Waals surface area contributed by atoms with Gasteiger partial charge in [-0.25, -0.2) is 9.97 Å². The molecule has 2 aliphatic rings. The molecule has 1 aromatic carbocycles. The SMILES string of the molecule is C/C=C(\N=CCC)c1ccnc(Nc2ccc3[nH]c(C(=O)N4CCN(C5CCN(C)CC5)CC4)cc3c2)n1. The predicted octanol–water partition coefficient (Wildman–Crippen LogP) is 4.40. The fourth-order valence-corrected chi connectivity index (χ4v) is 5.32. The number of rotatable bonds is 7. The van der Waals surface area contributed by atoms with Crippen LogP contribution in [0.15, 0.2) is 47.6 Å². The van der Waals surface area contributed by atoms with Crippen molar-refractivity contribution in [3.05, 3.63) is 54.0 Å². The van der Waals surface area contributed by atoms with Crippen LogP contribution < -0.4 is 5.32 Å². The number of aromatic amines is 1. The Morgan fingerprint density at radius 2 is 1.92 bits per heavy atom. The zero-order valence-corrected chi connectivity index (χ0v) is 22.7. The van der Waals surface area contributed by atoms with E-state index in [1.54, 1.807) is 6.20 Å². The molecule has 0 bridgehead atoms. The minimum absolute atomic E-state index is 0.0706. The number of aliphatic imine (C=N–C) groups is 1. The number of nitrogens with zero attached hydrogens (tertiary/aromatic N) is 6. The number of aromatic nitrogens is 3. The summed E-state index contributed by atoms with van der Waals surface area (Å²) in [5, 5.41) is 4.27. The van der Waals surface area contributed by atoms with E-state index in [1.807, 2.05) is 54.4 Å². The predicted molar refractivity (Wildman–Crippen MR) is 154 cm³/mol. The van der Waals surface area contributed by atoms with Crippen molar-refractivity contribution in [2.75, 3.05) is 51.6 Å². The van der Waals surface area contributed by atoms with Gasteiger partial charge in [0.25, 0.3) is 5.91 Å². The van der Waals surface area contributed by atoms with Crippen molar-refractivity contribution in [3.63, 3.8) is 0 Å². The van der Waals surface area contributed by atoms with Crippen molar-refractivity contribution in [3.8, 4) is 0 Å². The maximum absolute atomic E-state index is 13.3. The molecule has 200 valence electrons. The van der Waals surface area contributed by atoms with E-state index in [0.717, 1.165) is 73.7 Å². The molecule has 2 saturated heterocycles. The van der Waals surface area contributed by atoms with Gasteiger partial charge in [0.05, 0.1) is 11.4 Å². The topological polar surface area (TPSA) is 92.7 Å². The van der Waals surface area contributed by atoms with Gasteiger partial charge in [-0.05, 0) is 76.7 Å². The van der Waals surface area contributed by atoms with Gasteiger partial charge >= 0.3 is 0 Å². The van der Waals surface area contributed by atoms with Crippen LogP contribution in [0, 0.1) is 0 Å². The lowest BCUT2D eigenvalue weighted by molar-refractivity contribution is 0.0471. The monoisotopic (exact) mass is 514 g/mol. The summed E-state index contributed by atoms with van der Waals surface area (Å²) in [4.78, 5) is 37.1. The lowest BCUT2D eigenvalue weighted by Crippen LogP contribution is -2.54. The van der Waals surface area contributed by atoms with Crippen LogP contribution in [0.3, 0.4) is 0 Å². The van der Waals surface area contributed by atoms with E-state index in [2.05, 4.69) is 49.0 Å². The van der Waals surface area contributed by atoms with E-state index in [1.165, 1.54) is 12.8 Å². The molecular formula is C29H38N8O. The van der Waals surface area contributed by atoms with Crippen LogP contribution in [0.5, 0.6) is 0 Å². The molecule has 2 fully saturated rings. The molecule has 0 atom stereocenters. The number of H-pyrrole nitrogens is 1. The molecule has 1 amide bonds. The van der Waals surface area contributed by atoms with E-state index in [9.17, 15) is 4.79 Å². The molecule has 2 aliphatic heterocycles. The summed E-state index contributed by atoms with van der Waals surface area (Å²) in [5.41, 5.74) is 4.01. The second-order valence-corrected chi connectivity index (χ2v) is 10.1. The molecule has 2 N–H and O–H groups in total. The number of amides is 1. The molecule has 5 rings (SSSR count). The van der Waals surface area contributed by atoms with Crippen LogP contribution in [0.1, 0.15) is 49.3 Å². The number of nitrogens with one attached hydrogen (secondary N) is 2. The van der Waals surface area contributed by atoms with Crippen LogP contribution in [-0.2, 0) is 0 Å². The van der Waals surface area contributed by atoms with Crippen LogP contribution in [0.4, 0.5) is 11.6 Å². The van der Waals surface area contributed by atoms with Crippen molar-refractivity contribution < 1.29 is 4.79 Å². The number of benzene rings is 1. The maximum atomic E-state index is 13.3. The Bertz CT molecular complexity index is 1310. The summed E-state index contributed by atoms with van der Waals surface area (Å²) in [7, 11) is 2.20. The van der Waals surface area contributed by atoms with E-state index < -0.39 is 0 Å². The lowest BCUT2D eigenvalue weighted by atomic mass is 10.0. The Morgan fingerprint density at radius 3 is 2.66 bits per heavy atom. The maximum Gasteiger partial charge on any atom is 0.270 e. The summed E-state index contributed by atoms with van der Waals surface area (Å²) in [6, 6.07) is 10.4. The minimum Gasteiger partial charge on any atom is -0.351 e. The number of hydrogen-bond acceptors (Lipinski definition) is 7. The highest BCUT2D eigenvalue weighted by atomic mass is 16.2. The number of allylic oxidation sites excluding steroid dienone is 1. The van der Waals surface area contributed by atoms with Crippen molar-refractivity contribution in [2.45, 2.75) is 39.2 Å². The van der Waals surface area contributed by atoms with Gasteiger partial charge in [-0.1, -0.05) is 13.0 Å². The molecule has 4 heterocycles. The third kappa shape index (κ3) is 5.95. The Kier molecular flexibility index (Phi) is 8.14. The van der Waals surface area contributed by atoms with E-state index in [0.29, 0.717) is 17.7 Å². The number of hydrogen-bond donors (Lipinski definition) is 2. The fourth-order valence-electron chi connectivity index (χ4n) is 5.32. The molecule has 9 nitrogen and oxygen atoms in total. The molecular weight excluding hydrogens is 476 g/mol. The number of carbonyl (C=O) groups excluding carboxylic acids is 1. The van der Waals surface area contributed by atoms with Gasteiger partial charge in [-0.3, -0.25) is 14.7 Å². The highest BCUT2D eigenvalue weighted by molar-refractivity contribution is 5.98. The highest BCUT2D eigenvalue weighted by Gasteiger charge is 2.29. The normalized spacial score (nSPS) is 18.5. The van der Waals surface area contributed by atoms with Gasteiger partial charge in [0.15, 0.2) is 0 Å². The van der Waals surface area contributed by atoms with Crippen LogP contribution in [0.2, 0.25) is 0 Å². The molecule has 9 heteroatoms. The smallest absolute Gasteiger partial charge is 0.270 e. The summed E-state index contributed by atoms with van der Waals surface area (Å²) in [6.45, 7) is 9.78. The summed E-state index contributed by atoms with van der Waals surface area (Å²) in [6.07, 6.45) is 8.86. The molecule has 38 heavy (non-hydrogen) atoms. The van der Waals surface area contributed by atoms with Crippen molar-refractivity contribution in [1.29, 1.82) is 0 Å². The third-order valence-electron chi connectivity index (χ3n) is 7.52. The first kappa shape index (κ1) is 26.1. The summed E-state index contributed by atoms with van der Waals surface area (Å²) >= 11 is 0. The average molecular weight is 515 g/mol. The van der Waals surface area contributed by atoms with Gasteiger partial charge in [-0.15, -0.1) is 0 Å². The largest absolute Gasteiger partial charge is 0.351 e. The van der Waals surface area contributed by atoms with Crippen molar-refractivity contribution >= 4 is 40.4 Å². The Balaban J connectivity index is 1.23. The Labute approximate surface area is 224 Å². The zero-order valence-electron chi connectivity index (χ0n) is 22.7. The number of piperidine rings is 1. The third-order valence-corrected chi connectivity index (χ3v) is 7.52. The Morgan fingerprint density at radius 1 is 1.13 bits per heavy atom. The first-order valence-electron chi connectivity index (χ1n) is 13.7. The lowest BCUT2D eigenvalue weighted by Gasteiger charge is -2.42. The van der Waals surface area contributed by atoms with Gasteiger partial charge in [-0.2, -0.15) is 0 Å². The zero-order chi connectivity index (χ0) is 26.5.